The van der Waals surface area contributed by atoms with Crippen molar-refractivity contribution in [2.45, 2.75) is 13.0 Å². The van der Waals surface area contributed by atoms with E-state index in [0.29, 0.717) is 6.61 Å². The van der Waals surface area contributed by atoms with Gasteiger partial charge in [0.15, 0.2) is 0 Å². The zero-order chi connectivity index (χ0) is 11.1. The standard InChI is InChI=1S/C12H19NO2/c1-4-13-12(9-14-2)10-6-5-7-11(8-10)15-3/h5-8,12-13H,4,9H2,1-3H3. The highest BCUT2D eigenvalue weighted by atomic mass is 16.5. The summed E-state index contributed by atoms with van der Waals surface area (Å²) in [6.07, 6.45) is 0. The van der Waals surface area contributed by atoms with Crippen molar-refractivity contribution in [1.29, 1.82) is 0 Å². The first-order chi connectivity index (χ1) is 7.31. The molecule has 84 valence electrons. The second-order valence-corrected chi connectivity index (χ2v) is 3.34. The predicted octanol–water partition coefficient (Wildman–Crippen LogP) is 1.99. The molecule has 0 spiro atoms. The van der Waals surface area contributed by atoms with Crippen molar-refractivity contribution in [3.8, 4) is 5.75 Å². The van der Waals surface area contributed by atoms with Gasteiger partial charge in [0, 0.05) is 7.11 Å². The summed E-state index contributed by atoms with van der Waals surface area (Å²) in [7, 11) is 3.39. The summed E-state index contributed by atoms with van der Waals surface area (Å²) < 4.78 is 10.4. The van der Waals surface area contributed by atoms with E-state index in [9.17, 15) is 0 Å². The summed E-state index contributed by atoms with van der Waals surface area (Å²) in [6, 6.07) is 8.28. The molecular weight excluding hydrogens is 190 g/mol. The fourth-order valence-corrected chi connectivity index (χ4v) is 1.54. The van der Waals surface area contributed by atoms with Crippen molar-refractivity contribution in [1.82, 2.24) is 5.32 Å². The SMILES string of the molecule is CCNC(COC)c1cccc(OC)c1. The van der Waals surface area contributed by atoms with Crippen molar-refractivity contribution in [3.63, 3.8) is 0 Å². The van der Waals surface area contributed by atoms with Crippen LogP contribution in [0.25, 0.3) is 0 Å². The van der Waals surface area contributed by atoms with Gasteiger partial charge in [-0.25, -0.2) is 0 Å². The quantitative estimate of drug-likeness (QED) is 0.777. The minimum atomic E-state index is 0.232. The highest BCUT2D eigenvalue weighted by Crippen LogP contribution is 2.19. The van der Waals surface area contributed by atoms with Gasteiger partial charge in [-0.1, -0.05) is 19.1 Å². The smallest absolute Gasteiger partial charge is 0.119 e. The van der Waals surface area contributed by atoms with Gasteiger partial charge < -0.3 is 14.8 Å². The first-order valence-corrected chi connectivity index (χ1v) is 5.18. The molecule has 3 nitrogen and oxygen atoms in total. The van der Waals surface area contributed by atoms with Crippen LogP contribution in [0.5, 0.6) is 5.75 Å². The largest absolute Gasteiger partial charge is 0.497 e. The van der Waals surface area contributed by atoms with Crippen LogP contribution in [0.15, 0.2) is 24.3 Å². The van der Waals surface area contributed by atoms with Gasteiger partial charge >= 0.3 is 0 Å². The lowest BCUT2D eigenvalue weighted by atomic mass is 10.1. The van der Waals surface area contributed by atoms with Crippen LogP contribution >= 0.6 is 0 Å². The third kappa shape index (κ3) is 3.53. The molecule has 1 aromatic carbocycles. The van der Waals surface area contributed by atoms with Crippen LogP contribution in [0.3, 0.4) is 0 Å². The van der Waals surface area contributed by atoms with E-state index in [1.165, 1.54) is 5.56 Å². The van der Waals surface area contributed by atoms with Gasteiger partial charge in [0.25, 0.3) is 0 Å². The van der Waals surface area contributed by atoms with Crippen LogP contribution in [-0.4, -0.2) is 27.4 Å². The average Bonchev–Trinajstić information content (AvgIpc) is 2.29. The molecule has 3 heteroatoms. The van der Waals surface area contributed by atoms with Crippen LogP contribution in [0.1, 0.15) is 18.5 Å². The van der Waals surface area contributed by atoms with Crippen LogP contribution < -0.4 is 10.1 Å². The van der Waals surface area contributed by atoms with E-state index < -0.39 is 0 Å². The molecule has 1 rings (SSSR count). The molecule has 0 aliphatic carbocycles. The van der Waals surface area contributed by atoms with Gasteiger partial charge in [-0.2, -0.15) is 0 Å². The maximum atomic E-state index is 5.19. The lowest BCUT2D eigenvalue weighted by Gasteiger charge is -2.17. The molecule has 0 saturated carbocycles. The molecular formula is C12H19NO2. The zero-order valence-corrected chi connectivity index (χ0v) is 9.62. The Kier molecular flexibility index (Phi) is 5.15. The molecule has 1 atom stereocenters. The Bertz CT molecular complexity index is 283. The molecule has 0 aliphatic heterocycles. The van der Waals surface area contributed by atoms with E-state index in [-0.39, 0.29) is 6.04 Å². The summed E-state index contributed by atoms with van der Waals surface area (Å²) in [6.45, 7) is 3.68. The molecule has 0 radical (unpaired) electrons. The maximum Gasteiger partial charge on any atom is 0.119 e. The third-order valence-electron chi connectivity index (χ3n) is 2.28. The number of ether oxygens (including phenoxy) is 2. The number of methoxy groups -OCH3 is 2. The summed E-state index contributed by atoms with van der Waals surface area (Å²) in [5.74, 6) is 0.881. The zero-order valence-electron chi connectivity index (χ0n) is 9.62. The molecule has 0 aromatic heterocycles. The fraction of sp³-hybridized carbons (Fsp3) is 0.500. The van der Waals surface area contributed by atoms with Crippen molar-refractivity contribution in [2.75, 3.05) is 27.4 Å². The van der Waals surface area contributed by atoms with Crippen LogP contribution in [0.4, 0.5) is 0 Å². The molecule has 1 N–H and O–H groups in total. The Morgan fingerprint density at radius 1 is 1.33 bits per heavy atom. The van der Waals surface area contributed by atoms with Gasteiger partial charge in [0.2, 0.25) is 0 Å². The minimum Gasteiger partial charge on any atom is -0.497 e. The summed E-state index contributed by atoms with van der Waals surface area (Å²) in [5.41, 5.74) is 1.19. The molecule has 0 saturated heterocycles. The van der Waals surface area contributed by atoms with Crippen molar-refractivity contribution in [3.05, 3.63) is 29.8 Å². The molecule has 0 fully saturated rings. The summed E-state index contributed by atoms with van der Waals surface area (Å²) in [5, 5.41) is 3.37. The second-order valence-electron chi connectivity index (χ2n) is 3.34. The number of likely N-dealkylation sites (N-methyl/N-ethyl adjacent to an activating group) is 1. The Morgan fingerprint density at radius 3 is 2.73 bits per heavy atom. The molecule has 15 heavy (non-hydrogen) atoms. The van der Waals surface area contributed by atoms with Gasteiger partial charge in [-0.3, -0.25) is 0 Å². The monoisotopic (exact) mass is 209 g/mol. The van der Waals surface area contributed by atoms with Crippen molar-refractivity contribution < 1.29 is 9.47 Å². The Morgan fingerprint density at radius 2 is 2.13 bits per heavy atom. The van der Waals surface area contributed by atoms with E-state index in [1.54, 1.807) is 14.2 Å². The molecule has 1 unspecified atom stereocenters. The van der Waals surface area contributed by atoms with E-state index in [1.807, 2.05) is 18.2 Å². The first kappa shape index (κ1) is 12.0. The number of hydrogen-bond acceptors (Lipinski definition) is 3. The molecule has 0 amide bonds. The number of benzene rings is 1. The Balaban J connectivity index is 2.79. The van der Waals surface area contributed by atoms with Crippen LogP contribution in [-0.2, 0) is 4.74 Å². The van der Waals surface area contributed by atoms with Crippen molar-refractivity contribution >= 4 is 0 Å². The highest BCUT2D eigenvalue weighted by Gasteiger charge is 2.09. The van der Waals surface area contributed by atoms with Gasteiger partial charge in [-0.05, 0) is 24.2 Å². The number of nitrogens with one attached hydrogen (secondary N) is 1. The third-order valence-corrected chi connectivity index (χ3v) is 2.28. The van der Waals surface area contributed by atoms with Crippen molar-refractivity contribution in [2.24, 2.45) is 0 Å². The predicted molar refractivity (Wildman–Crippen MR) is 61.3 cm³/mol. The maximum absolute atomic E-state index is 5.19. The van der Waals surface area contributed by atoms with Gasteiger partial charge in [0.05, 0.1) is 19.8 Å². The highest BCUT2D eigenvalue weighted by molar-refractivity contribution is 5.30. The summed E-state index contributed by atoms with van der Waals surface area (Å²) >= 11 is 0. The molecule has 0 heterocycles. The van der Waals surface area contributed by atoms with E-state index in [2.05, 4.69) is 18.3 Å². The average molecular weight is 209 g/mol. The molecule has 0 aliphatic rings. The van der Waals surface area contributed by atoms with E-state index in [4.69, 9.17) is 9.47 Å². The fourth-order valence-electron chi connectivity index (χ4n) is 1.54. The summed E-state index contributed by atoms with van der Waals surface area (Å²) in [4.78, 5) is 0. The lowest BCUT2D eigenvalue weighted by Crippen LogP contribution is -2.24. The topological polar surface area (TPSA) is 30.5 Å². The van der Waals surface area contributed by atoms with E-state index >= 15 is 0 Å². The van der Waals surface area contributed by atoms with Gasteiger partial charge in [-0.15, -0.1) is 0 Å². The lowest BCUT2D eigenvalue weighted by molar-refractivity contribution is 0.167. The number of rotatable bonds is 6. The van der Waals surface area contributed by atoms with E-state index in [0.717, 1.165) is 12.3 Å². The van der Waals surface area contributed by atoms with Gasteiger partial charge in [0.1, 0.15) is 5.75 Å². The minimum absolute atomic E-state index is 0.232. The molecule has 0 bridgehead atoms. The molecule has 1 aromatic rings. The Hall–Kier alpha value is -1.06. The second kappa shape index (κ2) is 6.43. The Labute approximate surface area is 91.4 Å². The first-order valence-electron chi connectivity index (χ1n) is 5.18. The van der Waals surface area contributed by atoms with Crippen LogP contribution in [0.2, 0.25) is 0 Å². The number of hydrogen-bond donors (Lipinski definition) is 1. The van der Waals surface area contributed by atoms with Crippen LogP contribution in [0, 0.1) is 0 Å². The normalized spacial score (nSPS) is 12.5.